The van der Waals surface area contributed by atoms with Crippen molar-refractivity contribution in [2.75, 3.05) is 31.9 Å². The fourth-order valence-corrected chi connectivity index (χ4v) is 4.11. The highest BCUT2D eigenvalue weighted by atomic mass is 32.2. The van der Waals surface area contributed by atoms with Crippen LogP contribution < -0.4 is 5.32 Å². The second-order valence-electron chi connectivity index (χ2n) is 5.39. The summed E-state index contributed by atoms with van der Waals surface area (Å²) in [7, 11) is -3.16. The lowest BCUT2D eigenvalue weighted by atomic mass is 9.73. The summed E-state index contributed by atoms with van der Waals surface area (Å²) < 4.78 is 30.9. The van der Waals surface area contributed by atoms with Crippen molar-refractivity contribution in [3.63, 3.8) is 0 Å². The molecule has 1 spiro atoms. The number of aromatic nitrogens is 2. The van der Waals surface area contributed by atoms with Gasteiger partial charge in [-0.25, -0.2) is 12.7 Å². The first-order valence-electron chi connectivity index (χ1n) is 6.46. The fourth-order valence-electron chi connectivity index (χ4n) is 2.92. The second kappa shape index (κ2) is 4.26. The van der Waals surface area contributed by atoms with E-state index in [2.05, 4.69) is 15.5 Å². The first kappa shape index (κ1) is 13.0. The maximum atomic E-state index is 12.1. The van der Waals surface area contributed by atoms with E-state index in [0.717, 1.165) is 13.1 Å². The molecule has 8 heteroatoms. The summed E-state index contributed by atoms with van der Waals surface area (Å²) in [5, 5.41) is 7.05. The lowest BCUT2D eigenvalue weighted by molar-refractivity contribution is 0.144. The summed E-state index contributed by atoms with van der Waals surface area (Å²) in [5.41, 5.74) is -0.0821. The Morgan fingerprint density at radius 3 is 2.74 bits per heavy atom. The van der Waals surface area contributed by atoms with Gasteiger partial charge >= 0.3 is 0 Å². The Morgan fingerprint density at radius 1 is 1.53 bits per heavy atom. The SMILES string of the molecule is CCS(=O)(=O)N1CC(c2nc(C)no2)C2(CNC2)C1. The molecule has 7 nitrogen and oxygen atoms in total. The van der Waals surface area contributed by atoms with Gasteiger partial charge in [-0.1, -0.05) is 5.16 Å². The molecular formula is C11H18N4O3S. The molecule has 106 valence electrons. The quantitative estimate of drug-likeness (QED) is 0.822. The third-order valence-corrected chi connectivity index (χ3v) is 5.96. The Bertz CT molecular complexity index is 579. The minimum Gasteiger partial charge on any atom is -0.339 e. The molecule has 0 radical (unpaired) electrons. The van der Waals surface area contributed by atoms with Crippen LogP contribution in [0.5, 0.6) is 0 Å². The maximum absolute atomic E-state index is 12.1. The van der Waals surface area contributed by atoms with E-state index in [-0.39, 0.29) is 17.1 Å². The molecule has 0 aromatic carbocycles. The maximum Gasteiger partial charge on any atom is 0.231 e. The summed E-state index contributed by atoms with van der Waals surface area (Å²) in [6, 6.07) is 0. The van der Waals surface area contributed by atoms with Gasteiger partial charge in [0, 0.05) is 31.6 Å². The monoisotopic (exact) mass is 286 g/mol. The van der Waals surface area contributed by atoms with Crippen LogP contribution in [0.3, 0.4) is 0 Å². The van der Waals surface area contributed by atoms with Crippen LogP contribution in [0.2, 0.25) is 0 Å². The van der Waals surface area contributed by atoms with Crippen molar-refractivity contribution in [1.82, 2.24) is 19.8 Å². The molecule has 0 amide bonds. The lowest BCUT2D eigenvalue weighted by Crippen LogP contribution is -2.57. The second-order valence-corrected chi connectivity index (χ2v) is 7.65. The van der Waals surface area contributed by atoms with Gasteiger partial charge in [-0.2, -0.15) is 4.98 Å². The van der Waals surface area contributed by atoms with E-state index in [1.165, 1.54) is 0 Å². The van der Waals surface area contributed by atoms with Crippen molar-refractivity contribution < 1.29 is 12.9 Å². The van der Waals surface area contributed by atoms with E-state index >= 15 is 0 Å². The van der Waals surface area contributed by atoms with Crippen molar-refractivity contribution >= 4 is 10.0 Å². The van der Waals surface area contributed by atoms with E-state index in [9.17, 15) is 8.42 Å². The average molecular weight is 286 g/mol. The van der Waals surface area contributed by atoms with Gasteiger partial charge in [-0.05, 0) is 13.8 Å². The topological polar surface area (TPSA) is 88.3 Å². The zero-order valence-electron chi connectivity index (χ0n) is 11.1. The van der Waals surface area contributed by atoms with Gasteiger partial charge in [0.05, 0.1) is 11.7 Å². The van der Waals surface area contributed by atoms with E-state index in [1.54, 1.807) is 18.2 Å². The van der Waals surface area contributed by atoms with Gasteiger partial charge in [0.2, 0.25) is 15.9 Å². The van der Waals surface area contributed by atoms with Gasteiger partial charge in [-0.15, -0.1) is 0 Å². The molecule has 2 aliphatic rings. The van der Waals surface area contributed by atoms with Crippen LogP contribution in [0, 0.1) is 12.3 Å². The molecule has 3 heterocycles. The Kier molecular flexibility index (Phi) is 2.91. The van der Waals surface area contributed by atoms with Gasteiger partial charge in [-0.3, -0.25) is 0 Å². The van der Waals surface area contributed by atoms with E-state index in [1.807, 2.05) is 0 Å². The summed E-state index contributed by atoms with van der Waals surface area (Å²) in [5.74, 6) is 1.28. The lowest BCUT2D eigenvalue weighted by Gasteiger charge is -2.42. The normalized spacial score (nSPS) is 26.7. The number of hydrogen-bond acceptors (Lipinski definition) is 6. The molecule has 0 aliphatic carbocycles. The van der Waals surface area contributed by atoms with Gasteiger partial charge in [0.1, 0.15) is 0 Å². The van der Waals surface area contributed by atoms with Crippen molar-refractivity contribution in [2.24, 2.45) is 5.41 Å². The van der Waals surface area contributed by atoms with Crippen molar-refractivity contribution in [3.8, 4) is 0 Å². The van der Waals surface area contributed by atoms with E-state index in [0.29, 0.717) is 24.8 Å². The first-order chi connectivity index (χ1) is 8.97. The third kappa shape index (κ3) is 1.98. The van der Waals surface area contributed by atoms with E-state index < -0.39 is 10.0 Å². The smallest absolute Gasteiger partial charge is 0.231 e. The van der Waals surface area contributed by atoms with E-state index in [4.69, 9.17) is 4.52 Å². The molecule has 3 rings (SSSR count). The molecule has 0 bridgehead atoms. The molecular weight excluding hydrogens is 268 g/mol. The van der Waals surface area contributed by atoms with Crippen LogP contribution in [0.15, 0.2) is 4.52 Å². The Balaban J connectivity index is 1.91. The highest BCUT2D eigenvalue weighted by Gasteiger charge is 2.55. The molecule has 1 aromatic heterocycles. The van der Waals surface area contributed by atoms with Crippen molar-refractivity contribution in [3.05, 3.63) is 11.7 Å². The first-order valence-corrected chi connectivity index (χ1v) is 8.06. The molecule has 1 unspecified atom stereocenters. The van der Waals surface area contributed by atoms with Gasteiger partial charge in [0.15, 0.2) is 5.82 Å². The number of rotatable bonds is 3. The number of aryl methyl sites for hydroxylation is 1. The molecule has 1 aromatic rings. The van der Waals surface area contributed by atoms with Crippen LogP contribution in [-0.4, -0.2) is 54.8 Å². The molecule has 2 aliphatic heterocycles. The minimum absolute atomic E-state index is 0.00345. The van der Waals surface area contributed by atoms with Crippen molar-refractivity contribution in [2.45, 2.75) is 19.8 Å². The zero-order valence-corrected chi connectivity index (χ0v) is 11.9. The Hall–Kier alpha value is -0.990. The van der Waals surface area contributed by atoms with Crippen LogP contribution in [0.25, 0.3) is 0 Å². The summed E-state index contributed by atoms with van der Waals surface area (Å²) in [6.07, 6.45) is 0. The Labute approximate surface area is 112 Å². The van der Waals surface area contributed by atoms with Crippen LogP contribution >= 0.6 is 0 Å². The largest absolute Gasteiger partial charge is 0.339 e. The molecule has 0 saturated carbocycles. The van der Waals surface area contributed by atoms with Crippen molar-refractivity contribution in [1.29, 1.82) is 0 Å². The van der Waals surface area contributed by atoms with Gasteiger partial charge in [0.25, 0.3) is 0 Å². The average Bonchev–Trinajstić information content (AvgIpc) is 2.91. The highest BCUT2D eigenvalue weighted by molar-refractivity contribution is 7.89. The fraction of sp³-hybridized carbons (Fsp3) is 0.818. The highest BCUT2D eigenvalue weighted by Crippen LogP contribution is 2.45. The number of sulfonamides is 1. The molecule has 19 heavy (non-hydrogen) atoms. The van der Waals surface area contributed by atoms with Crippen LogP contribution in [-0.2, 0) is 10.0 Å². The molecule has 1 atom stereocenters. The molecule has 1 N–H and O–H groups in total. The summed E-state index contributed by atoms with van der Waals surface area (Å²) >= 11 is 0. The van der Waals surface area contributed by atoms with Gasteiger partial charge < -0.3 is 9.84 Å². The molecule has 2 saturated heterocycles. The summed E-state index contributed by atoms with van der Waals surface area (Å²) in [6.45, 7) is 6.03. The van der Waals surface area contributed by atoms with Crippen LogP contribution in [0.1, 0.15) is 24.6 Å². The number of nitrogens with one attached hydrogen (secondary N) is 1. The number of hydrogen-bond donors (Lipinski definition) is 1. The predicted octanol–water partition coefficient (Wildman–Crippen LogP) is -0.283. The standard InChI is InChI=1S/C11H18N4O3S/c1-3-19(16,17)15-4-9(10-13-8(2)14-18-10)11(7-15)5-12-6-11/h9,12H,3-7H2,1-2H3. The third-order valence-electron chi connectivity index (χ3n) is 4.17. The minimum atomic E-state index is -3.16. The zero-order chi connectivity index (χ0) is 13.7. The predicted molar refractivity (Wildman–Crippen MR) is 68.1 cm³/mol. The molecule has 2 fully saturated rings. The Morgan fingerprint density at radius 2 is 2.26 bits per heavy atom. The van der Waals surface area contributed by atoms with Crippen LogP contribution in [0.4, 0.5) is 0 Å². The number of nitrogens with zero attached hydrogens (tertiary/aromatic N) is 3. The summed E-state index contributed by atoms with van der Waals surface area (Å²) in [4.78, 5) is 4.29.